The molecule has 0 aliphatic rings. The molecule has 1 aromatic heterocycles. The van der Waals surface area contributed by atoms with Crippen LogP contribution in [0.25, 0.3) is 43.6 Å². The average Bonchev–Trinajstić information content (AvgIpc) is 2.97. The minimum atomic E-state index is 0.783. The van der Waals surface area contributed by atoms with Crippen LogP contribution in [0.4, 0.5) is 0 Å². The highest BCUT2D eigenvalue weighted by atomic mass is 79.9. The second-order valence-electron chi connectivity index (χ2n) is 5.94. The van der Waals surface area contributed by atoms with Crippen molar-refractivity contribution in [1.29, 1.82) is 0 Å². The van der Waals surface area contributed by atoms with Gasteiger partial charge in [-0.25, -0.2) is 0 Å². The molecule has 0 unspecified atom stereocenters. The van der Waals surface area contributed by atoms with Gasteiger partial charge in [0, 0.05) is 16.3 Å². The molecular formula is C22H13BrO. The Kier molecular flexibility index (Phi) is 3.00. The molecule has 114 valence electrons. The third-order valence-corrected chi connectivity index (χ3v) is 5.15. The van der Waals surface area contributed by atoms with E-state index in [-0.39, 0.29) is 0 Å². The van der Waals surface area contributed by atoms with Crippen molar-refractivity contribution in [2.75, 3.05) is 0 Å². The van der Waals surface area contributed by atoms with Gasteiger partial charge in [-0.1, -0.05) is 72.8 Å². The van der Waals surface area contributed by atoms with E-state index in [2.05, 4.69) is 94.8 Å². The first-order valence-corrected chi connectivity index (χ1v) is 8.70. The fourth-order valence-electron chi connectivity index (χ4n) is 3.49. The van der Waals surface area contributed by atoms with Gasteiger partial charge in [0.2, 0.25) is 0 Å². The topological polar surface area (TPSA) is 13.1 Å². The second kappa shape index (κ2) is 5.22. The first-order chi connectivity index (χ1) is 11.8. The largest absolute Gasteiger partial charge is 0.448 e. The van der Waals surface area contributed by atoms with Crippen molar-refractivity contribution in [2.24, 2.45) is 0 Å². The summed E-state index contributed by atoms with van der Waals surface area (Å²) in [6.07, 6.45) is 0. The fourth-order valence-corrected chi connectivity index (χ4v) is 4.08. The highest BCUT2D eigenvalue weighted by molar-refractivity contribution is 9.10. The van der Waals surface area contributed by atoms with Crippen LogP contribution in [0.5, 0.6) is 0 Å². The van der Waals surface area contributed by atoms with Crippen molar-refractivity contribution in [1.82, 2.24) is 0 Å². The highest BCUT2D eigenvalue weighted by Crippen LogP contribution is 2.43. The third kappa shape index (κ3) is 1.93. The molecule has 0 fully saturated rings. The lowest BCUT2D eigenvalue weighted by Gasteiger charge is -2.06. The highest BCUT2D eigenvalue weighted by Gasteiger charge is 2.17. The number of fused-ring (bicyclic) bond motifs is 4. The maximum Gasteiger partial charge on any atom is 0.178 e. The summed E-state index contributed by atoms with van der Waals surface area (Å²) >= 11 is 3.65. The van der Waals surface area contributed by atoms with Crippen molar-refractivity contribution >= 4 is 48.4 Å². The van der Waals surface area contributed by atoms with Crippen LogP contribution >= 0.6 is 15.9 Å². The van der Waals surface area contributed by atoms with Gasteiger partial charge < -0.3 is 4.42 Å². The van der Waals surface area contributed by atoms with Crippen LogP contribution in [0.15, 0.2) is 87.9 Å². The molecule has 0 atom stereocenters. The molecule has 1 nitrogen and oxygen atoms in total. The van der Waals surface area contributed by atoms with Gasteiger partial charge in [0.15, 0.2) is 4.67 Å². The van der Waals surface area contributed by atoms with E-state index in [0.29, 0.717) is 0 Å². The molecule has 0 amide bonds. The van der Waals surface area contributed by atoms with Gasteiger partial charge in [-0.15, -0.1) is 0 Å². The lowest BCUT2D eigenvalue weighted by atomic mass is 9.97. The van der Waals surface area contributed by atoms with E-state index in [1.807, 2.05) is 0 Å². The molecule has 0 aliphatic heterocycles. The Balaban J connectivity index is 1.93. The van der Waals surface area contributed by atoms with Gasteiger partial charge in [0.1, 0.15) is 5.58 Å². The molecule has 5 rings (SSSR count). The van der Waals surface area contributed by atoms with Gasteiger partial charge in [-0.3, -0.25) is 0 Å². The van der Waals surface area contributed by atoms with Crippen LogP contribution < -0.4 is 0 Å². The summed E-state index contributed by atoms with van der Waals surface area (Å²) in [6.45, 7) is 0. The third-order valence-electron chi connectivity index (χ3n) is 4.60. The first kappa shape index (κ1) is 13.8. The summed E-state index contributed by atoms with van der Waals surface area (Å²) in [7, 11) is 0. The molecule has 0 aliphatic carbocycles. The molecule has 4 aromatic carbocycles. The molecule has 0 bridgehead atoms. The number of hydrogen-bond acceptors (Lipinski definition) is 1. The Labute approximate surface area is 147 Å². The SMILES string of the molecule is Brc1oc2c(ccc3ccccc32)c1-c1cccc2ccccc12. The lowest BCUT2D eigenvalue weighted by Crippen LogP contribution is -1.81. The molecule has 0 spiro atoms. The molecule has 0 N–H and O–H groups in total. The zero-order chi connectivity index (χ0) is 16.1. The maximum atomic E-state index is 6.13. The smallest absolute Gasteiger partial charge is 0.178 e. The van der Waals surface area contributed by atoms with Gasteiger partial charge in [-0.05, 0) is 43.7 Å². The minimum absolute atomic E-state index is 0.783. The Bertz CT molecular complexity index is 1210. The molecule has 0 saturated carbocycles. The number of hydrogen-bond donors (Lipinski definition) is 0. The van der Waals surface area contributed by atoms with E-state index in [1.54, 1.807) is 0 Å². The van der Waals surface area contributed by atoms with E-state index in [1.165, 1.54) is 21.7 Å². The van der Waals surface area contributed by atoms with Crippen LogP contribution in [0.3, 0.4) is 0 Å². The Hall–Kier alpha value is -2.58. The van der Waals surface area contributed by atoms with Crippen molar-refractivity contribution in [3.63, 3.8) is 0 Å². The summed E-state index contributed by atoms with van der Waals surface area (Å²) in [6, 6.07) is 27.5. The van der Waals surface area contributed by atoms with Crippen LogP contribution in [0.2, 0.25) is 0 Å². The summed E-state index contributed by atoms with van der Waals surface area (Å²) in [5.74, 6) is 0. The summed E-state index contributed by atoms with van der Waals surface area (Å²) in [4.78, 5) is 0. The average molecular weight is 373 g/mol. The van der Waals surface area contributed by atoms with Gasteiger partial charge >= 0.3 is 0 Å². The second-order valence-corrected chi connectivity index (χ2v) is 6.66. The molecule has 0 saturated heterocycles. The van der Waals surface area contributed by atoms with E-state index in [0.717, 1.165) is 26.6 Å². The molecular weight excluding hydrogens is 360 g/mol. The Morgan fingerprint density at radius 2 is 1.25 bits per heavy atom. The van der Waals surface area contributed by atoms with Gasteiger partial charge in [-0.2, -0.15) is 0 Å². The Morgan fingerprint density at radius 3 is 2.08 bits per heavy atom. The lowest BCUT2D eigenvalue weighted by molar-refractivity contribution is 0.592. The monoisotopic (exact) mass is 372 g/mol. The van der Waals surface area contributed by atoms with Crippen molar-refractivity contribution in [2.45, 2.75) is 0 Å². The number of furan rings is 1. The van der Waals surface area contributed by atoms with Gasteiger partial charge in [0.05, 0.1) is 0 Å². The predicted molar refractivity (Wildman–Crippen MR) is 104 cm³/mol. The van der Waals surface area contributed by atoms with Crippen molar-refractivity contribution in [3.05, 3.63) is 83.5 Å². The van der Waals surface area contributed by atoms with Crippen molar-refractivity contribution in [3.8, 4) is 11.1 Å². The van der Waals surface area contributed by atoms with E-state index < -0.39 is 0 Å². The summed E-state index contributed by atoms with van der Waals surface area (Å²) < 4.78 is 6.91. The first-order valence-electron chi connectivity index (χ1n) is 7.91. The molecule has 5 aromatic rings. The number of halogens is 1. The van der Waals surface area contributed by atoms with Crippen LogP contribution in [0, 0.1) is 0 Å². The number of rotatable bonds is 1. The van der Waals surface area contributed by atoms with Crippen LogP contribution in [-0.4, -0.2) is 0 Å². The molecule has 1 heterocycles. The fraction of sp³-hybridized carbons (Fsp3) is 0. The quantitative estimate of drug-likeness (QED) is 0.304. The minimum Gasteiger partial charge on any atom is -0.448 e. The molecule has 2 heteroatoms. The predicted octanol–water partition coefficient (Wildman–Crippen LogP) is 7.17. The normalized spacial score (nSPS) is 11.5. The molecule has 24 heavy (non-hydrogen) atoms. The standard InChI is InChI=1S/C22H13BrO/c23-22-20(18-11-5-8-14-6-1-3-9-16(14)18)19-13-12-15-7-2-4-10-17(15)21(19)24-22/h1-13H. The Morgan fingerprint density at radius 1 is 0.583 bits per heavy atom. The summed E-state index contributed by atoms with van der Waals surface area (Å²) in [5, 5.41) is 5.93. The molecule has 0 radical (unpaired) electrons. The van der Waals surface area contributed by atoms with E-state index in [4.69, 9.17) is 4.42 Å². The zero-order valence-corrected chi connectivity index (χ0v) is 14.4. The summed E-state index contributed by atoms with van der Waals surface area (Å²) in [5.41, 5.74) is 3.24. The zero-order valence-electron chi connectivity index (χ0n) is 12.8. The van der Waals surface area contributed by atoms with E-state index >= 15 is 0 Å². The maximum absolute atomic E-state index is 6.13. The number of benzene rings is 4. The van der Waals surface area contributed by atoms with Crippen molar-refractivity contribution < 1.29 is 4.42 Å². The van der Waals surface area contributed by atoms with Crippen LogP contribution in [0.1, 0.15) is 0 Å². The van der Waals surface area contributed by atoms with E-state index in [9.17, 15) is 0 Å². The van der Waals surface area contributed by atoms with Crippen LogP contribution in [-0.2, 0) is 0 Å². The van der Waals surface area contributed by atoms with Gasteiger partial charge in [0.25, 0.3) is 0 Å².